The lowest BCUT2D eigenvalue weighted by Gasteiger charge is -2.28. The highest BCUT2D eigenvalue weighted by Crippen LogP contribution is 2.18. The number of nitrogens with two attached hydrogens (primary N) is 1. The van der Waals surface area contributed by atoms with E-state index in [-0.39, 0.29) is 6.04 Å². The monoisotopic (exact) mass is 221 g/mol. The molecule has 0 fully saturated rings. The van der Waals surface area contributed by atoms with E-state index >= 15 is 0 Å². The van der Waals surface area contributed by atoms with E-state index in [0.717, 1.165) is 18.7 Å². The zero-order valence-corrected chi connectivity index (χ0v) is 10.8. The maximum Gasteiger partial charge on any atom is 0.0569 e. The van der Waals surface area contributed by atoms with E-state index < -0.39 is 0 Å². The van der Waals surface area contributed by atoms with E-state index in [0.29, 0.717) is 6.04 Å². The van der Waals surface area contributed by atoms with Crippen LogP contribution in [-0.2, 0) is 0 Å². The van der Waals surface area contributed by atoms with Crippen molar-refractivity contribution >= 4 is 5.69 Å². The smallest absolute Gasteiger partial charge is 0.0569 e. The van der Waals surface area contributed by atoms with Crippen LogP contribution < -0.4 is 10.6 Å². The number of hydrogen-bond donors (Lipinski definition) is 1. The van der Waals surface area contributed by atoms with Crippen LogP contribution in [0.15, 0.2) is 18.3 Å². The minimum absolute atomic E-state index is 0.00715. The van der Waals surface area contributed by atoms with Crippen LogP contribution in [0.4, 0.5) is 5.69 Å². The van der Waals surface area contributed by atoms with E-state index in [2.05, 4.69) is 36.7 Å². The lowest BCUT2D eigenvalue weighted by Crippen LogP contribution is -2.31. The second kappa shape index (κ2) is 5.85. The molecule has 1 rings (SSSR count). The molecular formula is C13H23N3. The summed E-state index contributed by atoms with van der Waals surface area (Å²) >= 11 is 0. The van der Waals surface area contributed by atoms with Crippen LogP contribution in [0.2, 0.25) is 0 Å². The first-order valence-electron chi connectivity index (χ1n) is 6.04. The molecule has 0 radical (unpaired) electrons. The van der Waals surface area contributed by atoms with Gasteiger partial charge in [-0.25, -0.2) is 0 Å². The Morgan fingerprint density at radius 3 is 2.38 bits per heavy atom. The zero-order valence-electron chi connectivity index (χ0n) is 10.8. The van der Waals surface area contributed by atoms with Crippen LogP contribution >= 0.6 is 0 Å². The molecule has 0 saturated carbocycles. The molecule has 16 heavy (non-hydrogen) atoms. The van der Waals surface area contributed by atoms with E-state index in [1.54, 1.807) is 0 Å². The topological polar surface area (TPSA) is 42.1 Å². The molecule has 3 heteroatoms. The second-order valence-corrected chi connectivity index (χ2v) is 4.52. The molecule has 1 heterocycles. The van der Waals surface area contributed by atoms with Gasteiger partial charge >= 0.3 is 0 Å². The molecule has 0 saturated heterocycles. The third-order valence-corrected chi connectivity index (χ3v) is 2.66. The quantitative estimate of drug-likeness (QED) is 0.831. The van der Waals surface area contributed by atoms with Gasteiger partial charge in [0.25, 0.3) is 0 Å². The Morgan fingerprint density at radius 2 is 2.00 bits per heavy atom. The lowest BCUT2D eigenvalue weighted by molar-refractivity contribution is 0.668. The highest BCUT2D eigenvalue weighted by molar-refractivity contribution is 5.45. The summed E-state index contributed by atoms with van der Waals surface area (Å²) in [6, 6.07) is 4.64. The molecule has 3 nitrogen and oxygen atoms in total. The van der Waals surface area contributed by atoms with Crippen molar-refractivity contribution < 1.29 is 0 Å². The summed E-state index contributed by atoms with van der Waals surface area (Å²) in [6.45, 7) is 9.62. The Hall–Kier alpha value is -1.09. The van der Waals surface area contributed by atoms with Crippen molar-refractivity contribution in [3.05, 3.63) is 24.0 Å². The van der Waals surface area contributed by atoms with Crippen molar-refractivity contribution in [2.24, 2.45) is 5.73 Å². The number of aromatic nitrogens is 1. The van der Waals surface area contributed by atoms with Gasteiger partial charge in [0.05, 0.1) is 17.6 Å². The molecule has 1 aromatic rings. The fraction of sp³-hybridized carbons (Fsp3) is 0.615. The van der Waals surface area contributed by atoms with Crippen LogP contribution in [-0.4, -0.2) is 17.6 Å². The SMILES string of the molecule is CCCN(c1ccc([C@H](C)N)nc1)C(C)C. The normalized spacial score (nSPS) is 12.9. The van der Waals surface area contributed by atoms with Crippen molar-refractivity contribution in [3.8, 4) is 0 Å². The van der Waals surface area contributed by atoms with E-state index in [1.807, 2.05) is 19.2 Å². The summed E-state index contributed by atoms with van der Waals surface area (Å²) < 4.78 is 0. The molecule has 0 unspecified atom stereocenters. The Morgan fingerprint density at radius 1 is 1.31 bits per heavy atom. The number of rotatable bonds is 5. The van der Waals surface area contributed by atoms with Gasteiger partial charge < -0.3 is 10.6 Å². The fourth-order valence-corrected chi connectivity index (χ4v) is 1.76. The van der Waals surface area contributed by atoms with Gasteiger partial charge in [-0.3, -0.25) is 4.98 Å². The molecule has 90 valence electrons. The Kier molecular flexibility index (Phi) is 4.74. The van der Waals surface area contributed by atoms with Gasteiger partial charge in [-0.2, -0.15) is 0 Å². The van der Waals surface area contributed by atoms with Gasteiger partial charge in [0.15, 0.2) is 0 Å². The predicted molar refractivity (Wildman–Crippen MR) is 69.6 cm³/mol. The molecule has 0 aliphatic heterocycles. The fourth-order valence-electron chi connectivity index (χ4n) is 1.76. The summed E-state index contributed by atoms with van der Waals surface area (Å²) in [5, 5.41) is 0. The van der Waals surface area contributed by atoms with Crippen LogP contribution in [0.1, 0.15) is 45.9 Å². The second-order valence-electron chi connectivity index (χ2n) is 4.52. The molecule has 0 bridgehead atoms. The Labute approximate surface area is 98.7 Å². The molecule has 1 atom stereocenters. The van der Waals surface area contributed by atoms with Crippen molar-refractivity contribution in [3.63, 3.8) is 0 Å². The third-order valence-electron chi connectivity index (χ3n) is 2.66. The van der Waals surface area contributed by atoms with E-state index in [1.165, 1.54) is 5.69 Å². The van der Waals surface area contributed by atoms with E-state index in [4.69, 9.17) is 5.73 Å². The number of pyridine rings is 1. The number of anilines is 1. The minimum Gasteiger partial charge on any atom is -0.368 e. The molecule has 1 aromatic heterocycles. The van der Waals surface area contributed by atoms with Crippen molar-refractivity contribution in [1.29, 1.82) is 0 Å². The van der Waals surface area contributed by atoms with Gasteiger partial charge in [-0.1, -0.05) is 6.92 Å². The van der Waals surface area contributed by atoms with Gasteiger partial charge in [-0.05, 0) is 39.3 Å². The molecule has 0 spiro atoms. The molecule has 0 amide bonds. The lowest BCUT2D eigenvalue weighted by atomic mass is 10.2. The summed E-state index contributed by atoms with van der Waals surface area (Å²) in [5.74, 6) is 0. The summed E-state index contributed by atoms with van der Waals surface area (Å²) in [4.78, 5) is 6.76. The molecule has 2 N–H and O–H groups in total. The van der Waals surface area contributed by atoms with Crippen molar-refractivity contribution in [1.82, 2.24) is 4.98 Å². The zero-order chi connectivity index (χ0) is 12.1. The van der Waals surface area contributed by atoms with Crippen LogP contribution in [0.3, 0.4) is 0 Å². The molecule has 0 aromatic carbocycles. The highest BCUT2D eigenvalue weighted by Gasteiger charge is 2.10. The summed E-state index contributed by atoms with van der Waals surface area (Å²) in [6.07, 6.45) is 3.07. The van der Waals surface area contributed by atoms with Gasteiger partial charge in [-0.15, -0.1) is 0 Å². The van der Waals surface area contributed by atoms with Crippen molar-refractivity contribution in [2.75, 3.05) is 11.4 Å². The standard InChI is InChI=1S/C13H23N3/c1-5-8-16(10(2)3)12-6-7-13(11(4)14)15-9-12/h6-7,9-11H,5,8,14H2,1-4H3/t11-/m0/s1. The molecule has 0 aliphatic rings. The van der Waals surface area contributed by atoms with Crippen LogP contribution in [0.25, 0.3) is 0 Å². The summed E-state index contributed by atoms with van der Waals surface area (Å²) in [5.41, 5.74) is 7.91. The first-order chi connectivity index (χ1) is 7.56. The van der Waals surface area contributed by atoms with Crippen molar-refractivity contribution in [2.45, 2.75) is 46.2 Å². The number of nitrogens with zero attached hydrogens (tertiary/aromatic N) is 2. The minimum atomic E-state index is 0.00715. The van der Waals surface area contributed by atoms with Crippen LogP contribution in [0.5, 0.6) is 0 Å². The first kappa shape index (κ1) is 13.0. The maximum absolute atomic E-state index is 5.78. The maximum atomic E-state index is 5.78. The van der Waals surface area contributed by atoms with Gasteiger partial charge in [0.2, 0.25) is 0 Å². The predicted octanol–water partition coefficient (Wildman–Crippen LogP) is 2.73. The Balaban J connectivity index is 2.85. The summed E-state index contributed by atoms with van der Waals surface area (Å²) in [7, 11) is 0. The average molecular weight is 221 g/mol. The number of hydrogen-bond acceptors (Lipinski definition) is 3. The molecule has 0 aliphatic carbocycles. The first-order valence-corrected chi connectivity index (χ1v) is 6.04. The Bertz CT molecular complexity index is 303. The van der Waals surface area contributed by atoms with Gasteiger partial charge in [0.1, 0.15) is 0 Å². The van der Waals surface area contributed by atoms with E-state index in [9.17, 15) is 0 Å². The van der Waals surface area contributed by atoms with Crippen LogP contribution in [0, 0.1) is 0 Å². The average Bonchev–Trinajstić information content (AvgIpc) is 2.25. The largest absolute Gasteiger partial charge is 0.368 e. The third kappa shape index (κ3) is 3.20. The highest BCUT2D eigenvalue weighted by atomic mass is 15.2. The molecular weight excluding hydrogens is 198 g/mol. The van der Waals surface area contributed by atoms with Gasteiger partial charge in [0, 0.05) is 18.6 Å².